The average Bonchev–Trinajstić information content (AvgIpc) is 2.77. The normalized spacial score (nSPS) is 12.2. The number of methoxy groups -OCH3 is 1. The van der Waals surface area contributed by atoms with Gasteiger partial charge in [-0.2, -0.15) is 0 Å². The molecule has 0 spiro atoms. The van der Waals surface area contributed by atoms with Crippen molar-refractivity contribution in [2.75, 3.05) is 12.4 Å². The van der Waals surface area contributed by atoms with Crippen molar-refractivity contribution in [3.63, 3.8) is 0 Å². The maximum absolute atomic E-state index is 13.1. The predicted molar refractivity (Wildman–Crippen MR) is 74.0 cm³/mol. The van der Waals surface area contributed by atoms with E-state index in [1.165, 1.54) is 22.6 Å². The molecule has 1 aromatic heterocycles. The van der Waals surface area contributed by atoms with Gasteiger partial charge in [-0.3, -0.25) is 0 Å². The van der Waals surface area contributed by atoms with E-state index >= 15 is 0 Å². The Balaban J connectivity index is 2.21. The lowest BCUT2D eigenvalue weighted by atomic mass is 10.1. The van der Waals surface area contributed by atoms with E-state index in [9.17, 15) is 4.39 Å². The zero-order valence-electron chi connectivity index (χ0n) is 10.7. The summed E-state index contributed by atoms with van der Waals surface area (Å²) in [6.07, 6.45) is 0. The van der Waals surface area contributed by atoms with Crippen LogP contribution in [0.25, 0.3) is 0 Å². The fourth-order valence-corrected chi connectivity index (χ4v) is 2.85. The minimum absolute atomic E-state index is 0.171. The molecule has 18 heavy (non-hydrogen) atoms. The summed E-state index contributed by atoms with van der Waals surface area (Å²) in [7, 11) is 1.54. The van der Waals surface area contributed by atoms with E-state index < -0.39 is 0 Å². The Kier molecular flexibility index (Phi) is 3.87. The van der Waals surface area contributed by atoms with Crippen LogP contribution in [0.15, 0.2) is 29.6 Å². The molecule has 4 heteroatoms. The topological polar surface area (TPSA) is 21.3 Å². The van der Waals surface area contributed by atoms with Crippen LogP contribution in [0, 0.1) is 12.7 Å². The number of ether oxygens (including phenoxy) is 1. The molecule has 2 aromatic rings. The van der Waals surface area contributed by atoms with E-state index in [-0.39, 0.29) is 11.9 Å². The van der Waals surface area contributed by atoms with Gasteiger partial charge in [-0.05, 0) is 43.0 Å². The highest BCUT2D eigenvalue weighted by Crippen LogP contribution is 2.31. The van der Waals surface area contributed by atoms with Crippen LogP contribution in [-0.2, 0) is 0 Å². The summed E-state index contributed by atoms with van der Waals surface area (Å²) in [5, 5.41) is 5.42. The van der Waals surface area contributed by atoms with Crippen LogP contribution in [-0.4, -0.2) is 7.11 Å². The van der Waals surface area contributed by atoms with Gasteiger partial charge in [0.1, 0.15) is 11.6 Å². The molecule has 0 amide bonds. The molecule has 0 fully saturated rings. The first-order chi connectivity index (χ1) is 8.61. The number of benzene rings is 1. The molecule has 2 nitrogen and oxygen atoms in total. The van der Waals surface area contributed by atoms with Gasteiger partial charge in [-0.25, -0.2) is 4.39 Å². The zero-order chi connectivity index (χ0) is 13.1. The van der Waals surface area contributed by atoms with Crippen LogP contribution in [0.4, 0.5) is 10.1 Å². The molecule has 0 saturated carbocycles. The fourth-order valence-electron chi connectivity index (χ4n) is 1.91. The zero-order valence-corrected chi connectivity index (χ0v) is 11.5. The van der Waals surface area contributed by atoms with Gasteiger partial charge in [-0.1, -0.05) is 0 Å². The van der Waals surface area contributed by atoms with Crippen LogP contribution in [0.5, 0.6) is 5.75 Å². The molecule has 1 atom stereocenters. The molecule has 0 bridgehead atoms. The Morgan fingerprint density at radius 3 is 2.72 bits per heavy atom. The molecule has 0 aliphatic rings. The minimum Gasteiger partial charge on any atom is -0.494 e. The van der Waals surface area contributed by atoms with Crippen molar-refractivity contribution in [2.45, 2.75) is 19.9 Å². The number of halogens is 1. The predicted octanol–water partition coefficient (Wildman–Crippen LogP) is 4.38. The standard InChI is InChI=1S/C14H16FNOS/c1-9-6-7-18-14(9)10(2)16-12-5-4-11(15)8-13(12)17-3/h4-8,10,16H,1-3H3. The van der Waals surface area contributed by atoms with Crippen molar-refractivity contribution in [2.24, 2.45) is 0 Å². The van der Waals surface area contributed by atoms with E-state index in [4.69, 9.17) is 4.74 Å². The van der Waals surface area contributed by atoms with Gasteiger partial charge in [0.2, 0.25) is 0 Å². The van der Waals surface area contributed by atoms with Gasteiger partial charge in [0.15, 0.2) is 0 Å². The van der Waals surface area contributed by atoms with Gasteiger partial charge < -0.3 is 10.1 Å². The van der Waals surface area contributed by atoms with Gasteiger partial charge in [-0.15, -0.1) is 11.3 Å². The van der Waals surface area contributed by atoms with E-state index in [0.717, 1.165) is 5.69 Å². The Bertz CT molecular complexity index is 538. The minimum atomic E-state index is -0.294. The van der Waals surface area contributed by atoms with E-state index in [1.54, 1.807) is 24.5 Å². The number of hydrogen-bond acceptors (Lipinski definition) is 3. The second-order valence-electron chi connectivity index (χ2n) is 4.18. The lowest BCUT2D eigenvalue weighted by Gasteiger charge is -2.17. The third kappa shape index (κ3) is 2.64. The lowest BCUT2D eigenvalue weighted by molar-refractivity contribution is 0.412. The van der Waals surface area contributed by atoms with Crippen molar-refractivity contribution in [3.8, 4) is 5.75 Å². The quantitative estimate of drug-likeness (QED) is 0.886. The molecule has 1 aromatic carbocycles. The molecule has 1 N–H and O–H groups in total. The number of hydrogen-bond donors (Lipinski definition) is 1. The number of anilines is 1. The second kappa shape index (κ2) is 5.40. The third-order valence-electron chi connectivity index (χ3n) is 2.83. The molecule has 0 aliphatic carbocycles. The van der Waals surface area contributed by atoms with Crippen LogP contribution in [0.1, 0.15) is 23.4 Å². The molecule has 96 valence electrons. The van der Waals surface area contributed by atoms with E-state index in [2.05, 4.69) is 30.6 Å². The summed E-state index contributed by atoms with van der Waals surface area (Å²) in [6, 6.07) is 6.78. The van der Waals surface area contributed by atoms with Gasteiger partial charge in [0.05, 0.1) is 18.8 Å². The van der Waals surface area contributed by atoms with Gasteiger partial charge in [0.25, 0.3) is 0 Å². The second-order valence-corrected chi connectivity index (χ2v) is 5.13. The first-order valence-electron chi connectivity index (χ1n) is 5.76. The number of aryl methyl sites for hydroxylation is 1. The van der Waals surface area contributed by atoms with Crippen molar-refractivity contribution in [1.82, 2.24) is 0 Å². The summed E-state index contributed by atoms with van der Waals surface area (Å²) in [5.74, 6) is 0.230. The summed E-state index contributed by atoms with van der Waals surface area (Å²) in [4.78, 5) is 1.28. The fraction of sp³-hybridized carbons (Fsp3) is 0.286. The van der Waals surface area contributed by atoms with Crippen molar-refractivity contribution < 1.29 is 9.13 Å². The number of nitrogens with one attached hydrogen (secondary N) is 1. The van der Waals surface area contributed by atoms with E-state index in [0.29, 0.717) is 5.75 Å². The summed E-state index contributed by atoms with van der Waals surface area (Å²) < 4.78 is 18.3. The van der Waals surface area contributed by atoms with E-state index in [1.807, 2.05) is 0 Å². The molecule has 0 aliphatic heterocycles. The Hall–Kier alpha value is -1.55. The van der Waals surface area contributed by atoms with Crippen molar-refractivity contribution in [3.05, 3.63) is 45.9 Å². The van der Waals surface area contributed by atoms with Crippen LogP contribution < -0.4 is 10.1 Å². The summed E-state index contributed by atoms with van der Waals surface area (Å²) >= 11 is 1.72. The molecule has 1 unspecified atom stereocenters. The first kappa shape index (κ1) is 12.9. The van der Waals surface area contributed by atoms with Crippen LogP contribution in [0.2, 0.25) is 0 Å². The van der Waals surface area contributed by atoms with Crippen LogP contribution >= 0.6 is 11.3 Å². The van der Waals surface area contributed by atoms with Crippen LogP contribution in [0.3, 0.4) is 0 Å². The highest BCUT2D eigenvalue weighted by molar-refractivity contribution is 7.10. The summed E-state index contributed by atoms with van der Waals surface area (Å²) in [6.45, 7) is 4.17. The third-order valence-corrected chi connectivity index (χ3v) is 4.03. The monoisotopic (exact) mass is 265 g/mol. The molecule has 0 saturated heterocycles. The Morgan fingerprint density at radius 2 is 2.11 bits per heavy atom. The molecular formula is C14H16FNOS. The molecule has 0 radical (unpaired) electrons. The lowest BCUT2D eigenvalue weighted by Crippen LogP contribution is -2.07. The average molecular weight is 265 g/mol. The van der Waals surface area contributed by atoms with Crippen molar-refractivity contribution >= 4 is 17.0 Å². The maximum atomic E-state index is 13.1. The highest BCUT2D eigenvalue weighted by atomic mass is 32.1. The maximum Gasteiger partial charge on any atom is 0.144 e. The number of thiophene rings is 1. The summed E-state index contributed by atoms with van der Waals surface area (Å²) in [5.41, 5.74) is 2.07. The molecular weight excluding hydrogens is 249 g/mol. The Labute approximate surface area is 110 Å². The van der Waals surface area contributed by atoms with Gasteiger partial charge in [0, 0.05) is 10.9 Å². The molecule has 1 heterocycles. The highest BCUT2D eigenvalue weighted by Gasteiger charge is 2.12. The van der Waals surface area contributed by atoms with Crippen molar-refractivity contribution in [1.29, 1.82) is 0 Å². The SMILES string of the molecule is COc1cc(F)ccc1NC(C)c1sccc1C. The Morgan fingerprint density at radius 1 is 1.33 bits per heavy atom. The largest absolute Gasteiger partial charge is 0.494 e. The first-order valence-corrected chi connectivity index (χ1v) is 6.64. The van der Waals surface area contributed by atoms with Gasteiger partial charge >= 0.3 is 0 Å². The molecule has 2 rings (SSSR count). The number of rotatable bonds is 4. The smallest absolute Gasteiger partial charge is 0.144 e.